The molecule has 0 aliphatic rings. The van der Waals surface area contributed by atoms with Gasteiger partial charge in [0.25, 0.3) is 0 Å². The second-order valence-corrected chi connectivity index (χ2v) is 5.95. The number of unbranched alkanes of at least 4 members (excludes halogenated alkanes) is 1. The summed E-state index contributed by atoms with van der Waals surface area (Å²) in [7, 11) is 3.26. The van der Waals surface area contributed by atoms with Gasteiger partial charge in [0, 0.05) is 72.1 Å². The summed E-state index contributed by atoms with van der Waals surface area (Å²) in [5.74, 6) is 0. The maximum Gasteiger partial charge on any atom is 0.395 e. The van der Waals surface area contributed by atoms with Crippen LogP contribution in [0.5, 0.6) is 0 Å². The first-order chi connectivity index (χ1) is 11.7. The molecule has 1 unspecified atom stereocenters. The molecule has 24 heavy (non-hydrogen) atoms. The van der Waals surface area contributed by atoms with Crippen molar-refractivity contribution in [1.29, 1.82) is 0 Å². The van der Waals surface area contributed by atoms with E-state index in [9.17, 15) is 0 Å². The summed E-state index contributed by atoms with van der Waals surface area (Å²) >= 11 is 0. The second kappa shape index (κ2) is 17.6. The van der Waals surface area contributed by atoms with E-state index in [1.54, 1.807) is 14.7 Å². The van der Waals surface area contributed by atoms with Crippen LogP contribution in [0.4, 0.5) is 0 Å². The zero-order chi connectivity index (χ0) is 18.0. The van der Waals surface area contributed by atoms with E-state index in [-0.39, 0.29) is 0 Å². The Morgan fingerprint density at radius 2 is 1.50 bits per heavy atom. The fourth-order valence-electron chi connectivity index (χ4n) is 2.90. The predicted molar refractivity (Wildman–Crippen MR) is 103 cm³/mol. The van der Waals surface area contributed by atoms with Gasteiger partial charge in [-0.1, -0.05) is 6.42 Å². The van der Waals surface area contributed by atoms with E-state index >= 15 is 0 Å². The van der Waals surface area contributed by atoms with Crippen molar-refractivity contribution in [3.63, 3.8) is 0 Å². The zero-order valence-electron chi connectivity index (χ0n) is 15.5. The van der Waals surface area contributed by atoms with E-state index in [0.717, 1.165) is 58.5 Å². The molecular weight excluding hydrogens is 305 g/mol. The number of hydrogen-bond acceptors (Lipinski definition) is 8. The summed E-state index contributed by atoms with van der Waals surface area (Å²) in [4.78, 5) is 4.76. The summed E-state index contributed by atoms with van der Waals surface area (Å²) in [6.45, 7) is 7.97. The molecule has 0 rings (SSSR count). The lowest BCUT2D eigenvalue weighted by Gasteiger charge is -2.35. The molecule has 0 spiro atoms. The van der Waals surface area contributed by atoms with Crippen molar-refractivity contribution in [3.05, 3.63) is 0 Å². The molecule has 143 valence electrons. The van der Waals surface area contributed by atoms with Gasteiger partial charge in [-0.15, -0.1) is 0 Å². The van der Waals surface area contributed by atoms with Crippen LogP contribution >= 0.6 is 0 Å². The molecule has 0 aliphatic carbocycles. The topological polar surface area (TPSA) is 132 Å². The first-order valence-electron chi connectivity index (χ1n) is 9.08. The Morgan fingerprint density at radius 1 is 0.917 bits per heavy atom. The van der Waals surface area contributed by atoms with Crippen molar-refractivity contribution < 1.29 is 4.65 Å². The Morgan fingerprint density at radius 3 is 2.00 bits per heavy atom. The molecule has 1 atom stereocenters. The largest absolute Gasteiger partial charge is 0.427 e. The average Bonchev–Trinajstić information content (AvgIpc) is 2.57. The van der Waals surface area contributed by atoms with Crippen LogP contribution in [0.1, 0.15) is 19.3 Å². The molecule has 0 heterocycles. The third-order valence-electron chi connectivity index (χ3n) is 4.02. The van der Waals surface area contributed by atoms with Crippen molar-refractivity contribution in [2.45, 2.75) is 25.3 Å². The van der Waals surface area contributed by atoms with E-state index in [2.05, 4.69) is 15.0 Å². The molecule has 0 saturated heterocycles. The molecule has 0 bridgehead atoms. The van der Waals surface area contributed by atoms with E-state index < -0.39 is 0 Å². The normalized spacial score (nSPS) is 13.0. The van der Waals surface area contributed by atoms with Gasteiger partial charge in [-0.25, -0.2) is 0 Å². The fourth-order valence-corrected chi connectivity index (χ4v) is 2.90. The minimum absolute atomic E-state index is 0.432. The zero-order valence-corrected chi connectivity index (χ0v) is 15.5. The lowest BCUT2D eigenvalue weighted by atomic mass is 10.1. The number of hydrogen-bond donors (Lipinski definition) is 5. The van der Waals surface area contributed by atoms with E-state index in [1.807, 2.05) is 0 Å². The Hall–Kier alpha value is -0.255. The van der Waals surface area contributed by atoms with Gasteiger partial charge in [-0.2, -0.15) is 0 Å². The molecule has 1 radical (unpaired) electrons. The highest BCUT2D eigenvalue weighted by atomic mass is 16.4. The van der Waals surface area contributed by atoms with Crippen LogP contribution in [0.3, 0.4) is 0 Å². The summed E-state index contributed by atoms with van der Waals surface area (Å²) < 4.78 is 4.88. The second-order valence-electron chi connectivity index (χ2n) is 5.95. The van der Waals surface area contributed by atoms with Gasteiger partial charge >= 0.3 is 7.62 Å². The molecule has 0 amide bonds. The van der Waals surface area contributed by atoms with Crippen LogP contribution in [-0.4, -0.2) is 96.0 Å². The van der Waals surface area contributed by atoms with Crippen molar-refractivity contribution in [1.82, 2.24) is 15.0 Å². The molecular formula is C15H39BN7O. The van der Waals surface area contributed by atoms with Crippen LogP contribution in [-0.2, 0) is 4.65 Å². The van der Waals surface area contributed by atoms with Crippen LogP contribution in [0, 0.1) is 0 Å². The Kier molecular flexibility index (Phi) is 17.4. The third-order valence-corrected chi connectivity index (χ3v) is 4.02. The number of nitrogens with two attached hydrogens (primary N) is 4. The average molecular weight is 344 g/mol. The minimum Gasteiger partial charge on any atom is -0.427 e. The standard InChI is InChI=1S/C15H39BN7O/c1-24-16-21-9-3-2-4-15(23(12-7-19)13-8-20)14-22(10-5-17)11-6-18/h15,21H,2-14,17-20H2,1H3. The number of rotatable bonds is 18. The molecule has 0 aromatic carbocycles. The van der Waals surface area contributed by atoms with E-state index in [1.165, 1.54) is 0 Å². The summed E-state index contributed by atoms with van der Waals surface area (Å²) in [6.07, 6.45) is 3.35. The predicted octanol–water partition coefficient (Wildman–Crippen LogP) is -2.27. The van der Waals surface area contributed by atoms with Crippen molar-refractivity contribution >= 4 is 7.62 Å². The van der Waals surface area contributed by atoms with Gasteiger partial charge in [0.05, 0.1) is 0 Å². The molecule has 0 aromatic heterocycles. The fraction of sp³-hybridized carbons (Fsp3) is 1.00. The maximum atomic E-state index is 5.79. The van der Waals surface area contributed by atoms with Crippen LogP contribution in [0.25, 0.3) is 0 Å². The lowest BCUT2D eigenvalue weighted by Crippen LogP contribution is -2.49. The van der Waals surface area contributed by atoms with Gasteiger partial charge in [0.2, 0.25) is 0 Å². The molecule has 0 aromatic rings. The monoisotopic (exact) mass is 344 g/mol. The van der Waals surface area contributed by atoms with Crippen molar-refractivity contribution in [2.24, 2.45) is 22.9 Å². The summed E-state index contributed by atoms with van der Waals surface area (Å²) in [5, 5.41) is 3.13. The molecule has 8 nitrogen and oxygen atoms in total. The Labute approximate surface area is 148 Å². The van der Waals surface area contributed by atoms with Gasteiger partial charge in [0.15, 0.2) is 0 Å². The SMILES string of the molecule is CO[B]NCCCCC(CN(CCN)CCN)N(CCN)CCN. The maximum absolute atomic E-state index is 5.79. The van der Waals surface area contributed by atoms with Crippen molar-refractivity contribution in [3.8, 4) is 0 Å². The molecule has 9 N–H and O–H groups in total. The number of nitrogens with one attached hydrogen (secondary N) is 1. The highest BCUT2D eigenvalue weighted by molar-refractivity contribution is 6.23. The summed E-state index contributed by atoms with van der Waals surface area (Å²) in [5.41, 5.74) is 23.1. The van der Waals surface area contributed by atoms with E-state index in [4.69, 9.17) is 27.6 Å². The van der Waals surface area contributed by atoms with Gasteiger partial charge in [-0.3, -0.25) is 9.80 Å². The Bertz CT molecular complexity index is 252. The Balaban J connectivity index is 4.54. The first kappa shape index (κ1) is 23.7. The lowest BCUT2D eigenvalue weighted by molar-refractivity contribution is 0.137. The smallest absolute Gasteiger partial charge is 0.395 e. The van der Waals surface area contributed by atoms with Crippen LogP contribution in [0.2, 0.25) is 0 Å². The third kappa shape index (κ3) is 12.2. The summed E-state index contributed by atoms with van der Waals surface area (Å²) in [6, 6.07) is 0.432. The molecule has 0 aliphatic heterocycles. The molecule has 9 heteroatoms. The number of nitrogens with zero attached hydrogens (tertiary/aromatic N) is 2. The quantitative estimate of drug-likeness (QED) is 0.139. The minimum atomic E-state index is 0.432. The molecule has 0 saturated carbocycles. The highest BCUT2D eigenvalue weighted by Crippen LogP contribution is 2.10. The highest BCUT2D eigenvalue weighted by Gasteiger charge is 2.20. The van der Waals surface area contributed by atoms with Crippen LogP contribution in [0.15, 0.2) is 0 Å². The first-order valence-corrected chi connectivity index (χ1v) is 9.08. The van der Waals surface area contributed by atoms with Gasteiger partial charge < -0.3 is 32.8 Å². The van der Waals surface area contributed by atoms with Crippen LogP contribution < -0.4 is 28.2 Å². The molecule has 0 fully saturated rings. The van der Waals surface area contributed by atoms with Gasteiger partial charge in [0.1, 0.15) is 0 Å². The van der Waals surface area contributed by atoms with Crippen molar-refractivity contribution in [2.75, 3.05) is 72.6 Å². The van der Waals surface area contributed by atoms with Gasteiger partial charge in [-0.05, 0) is 19.4 Å². The van der Waals surface area contributed by atoms with E-state index in [0.29, 0.717) is 32.2 Å².